The summed E-state index contributed by atoms with van der Waals surface area (Å²) in [5.74, 6) is -0.988. The van der Waals surface area contributed by atoms with Crippen molar-refractivity contribution in [2.45, 2.75) is 27.7 Å². The Kier molecular flexibility index (Phi) is 5.34. The first kappa shape index (κ1) is 20.4. The number of rotatable bonds is 4. The number of hydrogen-bond donors (Lipinski definition) is 1. The van der Waals surface area contributed by atoms with Crippen molar-refractivity contribution in [1.29, 1.82) is 0 Å². The number of hydrogen-bond acceptors (Lipinski definition) is 5. The van der Waals surface area contributed by atoms with Crippen LogP contribution in [0, 0.1) is 30.9 Å². The topological polar surface area (TPSA) is 97.5 Å². The van der Waals surface area contributed by atoms with Gasteiger partial charge in [0.05, 0.1) is 10.6 Å². The maximum Gasteiger partial charge on any atom is 0.274 e. The zero-order valence-electron chi connectivity index (χ0n) is 16.5. The van der Waals surface area contributed by atoms with Gasteiger partial charge in [0.1, 0.15) is 5.57 Å². The Bertz CT molecular complexity index is 1100. The van der Waals surface area contributed by atoms with Crippen LogP contribution < -0.4 is 5.32 Å². The van der Waals surface area contributed by atoms with Gasteiger partial charge in [0.15, 0.2) is 5.11 Å². The lowest BCUT2D eigenvalue weighted by Gasteiger charge is -2.27. The average molecular weight is 412 g/mol. The molecule has 0 bridgehead atoms. The molecule has 0 saturated carbocycles. The van der Waals surface area contributed by atoms with E-state index in [9.17, 15) is 19.7 Å². The number of benzene rings is 1. The molecule has 1 aromatic heterocycles. The van der Waals surface area contributed by atoms with Crippen molar-refractivity contribution >= 4 is 40.9 Å². The molecular weight excluding hydrogens is 392 g/mol. The van der Waals surface area contributed by atoms with Crippen LogP contribution in [0.25, 0.3) is 11.8 Å². The van der Waals surface area contributed by atoms with Gasteiger partial charge < -0.3 is 4.57 Å². The van der Waals surface area contributed by atoms with Crippen LogP contribution in [0.1, 0.15) is 29.4 Å². The molecule has 150 valence electrons. The number of aromatic nitrogens is 1. The van der Waals surface area contributed by atoms with E-state index in [1.165, 1.54) is 17.0 Å². The number of nitrogens with one attached hydrogen (secondary N) is 1. The quantitative estimate of drug-likeness (QED) is 0.274. The average Bonchev–Trinajstić information content (AvgIpc) is 2.92. The third-order valence-electron chi connectivity index (χ3n) is 4.92. The van der Waals surface area contributed by atoms with Gasteiger partial charge in [-0.1, -0.05) is 6.07 Å². The Balaban J connectivity index is 2.09. The van der Waals surface area contributed by atoms with Crippen LogP contribution >= 0.6 is 12.2 Å². The molecule has 0 aliphatic carbocycles. The van der Waals surface area contributed by atoms with Gasteiger partial charge in [-0.05, 0) is 63.7 Å². The lowest BCUT2D eigenvalue weighted by molar-refractivity contribution is -0.385. The maximum atomic E-state index is 12.6. The van der Waals surface area contributed by atoms with Crippen LogP contribution in [0.5, 0.6) is 0 Å². The Hall–Kier alpha value is -3.33. The fraction of sp³-hybridized carbons (Fsp3) is 0.250. The lowest BCUT2D eigenvalue weighted by Crippen LogP contribution is -2.53. The van der Waals surface area contributed by atoms with Crippen LogP contribution in [-0.4, -0.2) is 37.9 Å². The summed E-state index contributed by atoms with van der Waals surface area (Å²) in [6.45, 7) is 7.50. The number of carbonyl (C=O) groups excluding carboxylic acids is 2. The van der Waals surface area contributed by atoms with Crippen molar-refractivity contribution in [1.82, 2.24) is 14.8 Å². The molecule has 0 unspecified atom stereocenters. The summed E-state index contributed by atoms with van der Waals surface area (Å²) in [6, 6.07) is 6.84. The van der Waals surface area contributed by atoms with Gasteiger partial charge in [-0.15, -0.1) is 0 Å². The molecule has 2 aromatic rings. The standard InChI is InChI=1S/C20H20N4O4S/c1-5-22-19(26)16(18(25)21-20(22)29)9-14-8-12(3)23(13(14)4)15-7-6-11(2)17(10-15)24(27)28/h6-10H,5H2,1-4H3,(H,21,25,29)/b16-9+. The number of carbonyl (C=O) groups is 2. The number of likely N-dealkylation sites (N-methyl/N-ethyl adjacent to an activating group) is 1. The van der Waals surface area contributed by atoms with Gasteiger partial charge >= 0.3 is 0 Å². The smallest absolute Gasteiger partial charge is 0.274 e. The van der Waals surface area contributed by atoms with Crippen molar-refractivity contribution in [3.63, 3.8) is 0 Å². The number of aryl methyl sites for hydroxylation is 2. The molecule has 2 amide bonds. The van der Waals surface area contributed by atoms with E-state index in [1.54, 1.807) is 26.0 Å². The fourth-order valence-corrected chi connectivity index (χ4v) is 3.71. The normalized spacial score (nSPS) is 15.8. The summed E-state index contributed by atoms with van der Waals surface area (Å²) in [4.78, 5) is 37.2. The molecule has 8 nitrogen and oxygen atoms in total. The van der Waals surface area contributed by atoms with E-state index in [2.05, 4.69) is 5.32 Å². The van der Waals surface area contributed by atoms with Crippen molar-refractivity contribution in [3.05, 3.63) is 62.5 Å². The molecule has 0 atom stereocenters. The molecule has 1 N–H and O–H groups in total. The molecule has 1 fully saturated rings. The second-order valence-corrected chi connectivity index (χ2v) is 7.14. The Morgan fingerprint density at radius 3 is 2.52 bits per heavy atom. The predicted molar refractivity (Wildman–Crippen MR) is 113 cm³/mol. The first-order chi connectivity index (χ1) is 13.6. The van der Waals surface area contributed by atoms with E-state index in [0.29, 0.717) is 23.4 Å². The van der Waals surface area contributed by atoms with Crippen molar-refractivity contribution in [2.75, 3.05) is 6.54 Å². The molecule has 0 spiro atoms. The van der Waals surface area contributed by atoms with Gasteiger partial charge in [-0.25, -0.2) is 0 Å². The van der Waals surface area contributed by atoms with E-state index >= 15 is 0 Å². The van der Waals surface area contributed by atoms with Crippen LogP contribution in [0.2, 0.25) is 0 Å². The summed E-state index contributed by atoms with van der Waals surface area (Å²) < 4.78 is 1.85. The van der Waals surface area contributed by atoms with Gasteiger partial charge in [0, 0.05) is 29.6 Å². The molecule has 1 saturated heterocycles. The number of nitro groups is 1. The summed E-state index contributed by atoms with van der Waals surface area (Å²) in [6.07, 6.45) is 1.53. The van der Waals surface area contributed by atoms with Gasteiger partial charge in [0.25, 0.3) is 17.5 Å². The first-order valence-corrected chi connectivity index (χ1v) is 9.39. The molecule has 0 radical (unpaired) electrons. The summed E-state index contributed by atoms with van der Waals surface area (Å²) in [5, 5.41) is 13.9. The zero-order valence-corrected chi connectivity index (χ0v) is 17.3. The molecule has 9 heteroatoms. The van der Waals surface area contributed by atoms with Gasteiger partial charge in [0.2, 0.25) is 0 Å². The van der Waals surface area contributed by atoms with E-state index in [1.807, 2.05) is 24.5 Å². The second kappa shape index (κ2) is 7.59. The number of nitro benzene ring substituents is 1. The third-order valence-corrected chi connectivity index (χ3v) is 5.24. The number of thiocarbonyl (C=S) groups is 1. The first-order valence-electron chi connectivity index (χ1n) is 8.99. The highest BCUT2D eigenvalue weighted by molar-refractivity contribution is 7.80. The number of amides is 2. The van der Waals surface area contributed by atoms with Crippen molar-refractivity contribution < 1.29 is 14.5 Å². The minimum absolute atomic E-state index is 0.00409. The molecule has 1 aliphatic rings. The highest BCUT2D eigenvalue weighted by atomic mass is 32.1. The molecule has 1 aliphatic heterocycles. The number of nitrogens with zero attached hydrogens (tertiary/aromatic N) is 3. The van der Waals surface area contributed by atoms with Gasteiger partial charge in [-0.3, -0.25) is 29.9 Å². The minimum atomic E-state index is -0.541. The monoisotopic (exact) mass is 412 g/mol. The van der Waals surface area contributed by atoms with Crippen molar-refractivity contribution in [3.8, 4) is 5.69 Å². The summed E-state index contributed by atoms with van der Waals surface area (Å²) in [5.41, 5.74) is 3.48. The SMILES string of the molecule is CCN1C(=O)/C(=C/c2cc(C)n(-c3ccc(C)c([N+](=O)[O-])c3)c2C)C(=O)NC1=S. The molecule has 29 heavy (non-hydrogen) atoms. The summed E-state index contributed by atoms with van der Waals surface area (Å²) >= 11 is 5.04. The third kappa shape index (κ3) is 3.56. The van der Waals surface area contributed by atoms with E-state index < -0.39 is 16.7 Å². The van der Waals surface area contributed by atoms with Crippen LogP contribution in [0.4, 0.5) is 5.69 Å². The van der Waals surface area contributed by atoms with E-state index in [0.717, 1.165) is 11.4 Å². The van der Waals surface area contributed by atoms with Gasteiger partial charge in [-0.2, -0.15) is 0 Å². The van der Waals surface area contributed by atoms with Crippen LogP contribution in [0.15, 0.2) is 29.8 Å². The Morgan fingerprint density at radius 1 is 1.21 bits per heavy atom. The lowest BCUT2D eigenvalue weighted by atomic mass is 10.1. The highest BCUT2D eigenvalue weighted by Crippen LogP contribution is 2.27. The summed E-state index contributed by atoms with van der Waals surface area (Å²) in [7, 11) is 0. The fourth-order valence-electron chi connectivity index (χ4n) is 3.40. The molecular formula is C20H20N4O4S. The molecule has 2 heterocycles. The zero-order chi connectivity index (χ0) is 21.5. The Labute approximate surface area is 173 Å². The second-order valence-electron chi connectivity index (χ2n) is 6.76. The van der Waals surface area contributed by atoms with Crippen LogP contribution in [0.3, 0.4) is 0 Å². The Morgan fingerprint density at radius 2 is 1.90 bits per heavy atom. The van der Waals surface area contributed by atoms with Crippen LogP contribution in [-0.2, 0) is 9.59 Å². The molecule has 3 rings (SSSR count). The minimum Gasteiger partial charge on any atom is -0.318 e. The van der Waals surface area contributed by atoms with Crippen molar-refractivity contribution in [2.24, 2.45) is 0 Å². The highest BCUT2D eigenvalue weighted by Gasteiger charge is 2.32. The molecule has 1 aromatic carbocycles. The largest absolute Gasteiger partial charge is 0.318 e. The maximum absolute atomic E-state index is 12.6. The van der Waals surface area contributed by atoms with E-state index in [-0.39, 0.29) is 16.4 Å². The predicted octanol–water partition coefficient (Wildman–Crippen LogP) is 2.96. The van der Waals surface area contributed by atoms with E-state index in [4.69, 9.17) is 12.2 Å².